The average Bonchev–Trinajstić information content (AvgIpc) is 3.32. The van der Waals surface area contributed by atoms with Gasteiger partial charge in [-0.1, -0.05) is 17.7 Å². The topological polar surface area (TPSA) is 78.9 Å². The molecule has 0 aliphatic heterocycles. The third-order valence-corrected chi connectivity index (χ3v) is 5.47. The minimum Gasteiger partial charge on any atom is -0.483 e. The fraction of sp³-hybridized carbons (Fsp3) is 0.619. The van der Waals surface area contributed by atoms with Crippen LogP contribution in [0.5, 0.6) is 5.75 Å². The van der Waals surface area contributed by atoms with Crippen molar-refractivity contribution in [1.82, 2.24) is 10.2 Å². The van der Waals surface area contributed by atoms with Crippen LogP contribution in [0.1, 0.15) is 42.4 Å². The first kappa shape index (κ1) is 19.7. The van der Waals surface area contributed by atoms with Gasteiger partial charge in [-0.3, -0.25) is 14.5 Å². The van der Waals surface area contributed by atoms with Crippen molar-refractivity contribution in [2.45, 2.75) is 58.5 Å². The highest BCUT2D eigenvalue weighted by molar-refractivity contribution is 5.78. The highest BCUT2D eigenvalue weighted by Gasteiger charge is 2.37. The third-order valence-electron chi connectivity index (χ3n) is 5.47. The van der Waals surface area contributed by atoms with E-state index in [-0.39, 0.29) is 31.1 Å². The monoisotopic (exact) mass is 374 g/mol. The van der Waals surface area contributed by atoms with Crippen molar-refractivity contribution in [2.24, 2.45) is 5.92 Å². The second kappa shape index (κ2) is 8.30. The van der Waals surface area contributed by atoms with Gasteiger partial charge in [0.1, 0.15) is 5.75 Å². The Hall–Kier alpha value is -2.08. The second-order valence-corrected chi connectivity index (χ2v) is 8.17. The molecule has 1 aromatic rings. The van der Waals surface area contributed by atoms with Crippen molar-refractivity contribution in [3.8, 4) is 5.75 Å². The van der Waals surface area contributed by atoms with Crippen molar-refractivity contribution in [3.05, 3.63) is 28.8 Å². The lowest BCUT2D eigenvalue weighted by atomic mass is 9.85. The second-order valence-electron chi connectivity index (χ2n) is 8.17. The van der Waals surface area contributed by atoms with E-state index < -0.39 is 5.97 Å². The molecule has 1 amide bonds. The molecular weight excluding hydrogens is 344 g/mol. The van der Waals surface area contributed by atoms with Gasteiger partial charge in [-0.25, -0.2) is 0 Å². The molecular formula is C21H30N2O4. The molecule has 0 radical (unpaired) electrons. The zero-order chi connectivity index (χ0) is 19.6. The average molecular weight is 374 g/mol. The largest absolute Gasteiger partial charge is 0.483 e. The van der Waals surface area contributed by atoms with Crippen LogP contribution in [-0.4, -0.2) is 53.7 Å². The van der Waals surface area contributed by atoms with E-state index in [1.54, 1.807) is 0 Å². The number of nitrogens with one attached hydrogen (secondary N) is 1. The van der Waals surface area contributed by atoms with Crippen LogP contribution in [0.25, 0.3) is 0 Å². The van der Waals surface area contributed by atoms with Gasteiger partial charge in [0, 0.05) is 18.6 Å². The Morgan fingerprint density at radius 2 is 1.81 bits per heavy atom. The number of carbonyl (C=O) groups excluding carboxylic acids is 1. The van der Waals surface area contributed by atoms with Crippen LogP contribution in [-0.2, 0) is 9.59 Å². The summed E-state index contributed by atoms with van der Waals surface area (Å²) < 4.78 is 5.74. The molecule has 3 rings (SSSR count). The summed E-state index contributed by atoms with van der Waals surface area (Å²) in [6.45, 7) is 6.98. The summed E-state index contributed by atoms with van der Waals surface area (Å²) in [6.07, 6.45) is 4.04. The van der Waals surface area contributed by atoms with Gasteiger partial charge < -0.3 is 15.2 Å². The Labute approximate surface area is 160 Å². The summed E-state index contributed by atoms with van der Waals surface area (Å²) in [6, 6.07) is 4.47. The molecule has 0 spiro atoms. The van der Waals surface area contributed by atoms with E-state index in [9.17, 15) is 9.59 Å². The number of hydrogen-bond donors (Lipinski definition) is 2. The molecule has 2 aliphatic rings. The number of amides is 1. The summed E-state index contributed by atoms with van der Waals surface area (Å²) in [5, 5.41) is 12.1. The smallest absolute Gasteiger partial charge is 0.317 e. The fourth-order valence-corrected chi connectivity index (χ4v) is 3.95. The van der Waals surface area contributed by atoms with Crippen LogP contribution in [0.2, 0.25) is 0 Å². The number of rotatable bonds is 9. The standard InChI is InChI=1S/C21H30N2O4/c1-13-6-14(2)21(15(3)7-13)27-12-19(24)22-17-8-18(9-17)23(11-20(25)26)10-16-4-5-16/h6-7,16-18H,4-5,8-12H2,1-3H3,(H,22,24)(H,25,26). The van der Waals surface area contributed by atoms with E-state index in [1.807, 2.05) is 32.9 Å². The Bertz CT molecular complexity index is 685. The number of carboxylic acids is 1. The SMILES string of the molecule is Cc1cc(C)c(OCC(=O)NC2CC(N(CC(=O)O)CC3CC3)C2)c(C)c1. The first-order chi connectivity index (χ1) is 12.8. The summed E-state index contributed by atoms with van der Waals surface area (Å²) in [4.78, 5) is 25.4. The van der Waals surface area contributed by atoms with Crippen LogP contribution in [0.3, 0.4) is 0 Å². The number of aryl methyl sites for hydroxylation is 3. The molecule has 2 fully saturated rings. The number of carboxylic acid groups (broad SMARTS) is 1. The van der Waals surface area contributed by atoms with Gasteiger partial charge >= 0.3 is 5.97 Å². The van der Waals surface area contributed by atoms with E-state index in [1.165, 1.54) is 18.4 Å². The molecule has 0 bridgehead atoms. The molecule has 0 saturated heterocycles. The first-order valence-electron chi connectivity index (χ1n) is 9.77. The Kier molecular flexibility index (Phi) is 6.05. The van der Waals surface area contributed by atoms with Gasteiger partial charge in [0.15, 0.2) is 6.61 Å². The molecule has 2 saturated carbocycles. The lowest BCUT2D eigenvalue weighted by Gasteiger charge is -2.42. The molecule has 0 atom stereocenters. The van der Waals surface area contributed by atoms with Crippen LogP contribution >= 0.6 is 0 Å². The molecule has 0 unspecified atom stereocenters. The Morgan fingerprint density at radius 1 is 1.19 bits per heavy atom. The van der Waals surface area contributed by atoms with Crippen molar-refractivity contribution < 1.29 is 19.4 Å². The maximum Gasteiger partial charge on any atom is 0.317 e. The summed E-state index contributed by atoms with van der Waals surface area (Å²) in [7, 11) is 0. The molecule has 2 N–H and O–H groups in total. The molecule has 2 aliphatic carbocycles. The number of aliphatic carboxylic acids is 1. The Morgan fingerprint density at radius 3 is 2.37 bits per heavy atom. The van der Waals surface area contributed by atoms with Crippen molar-refractivity contribution in [3.63, 3.8) is 0 Å². The van der Waals surface area contributed by atoms with Crippen LogP contribution in [0.4, 0.5) is 0 Å². The quantitative estimate of drug-likeness (QED) is 0.694. The number of ether oxygens (including phenoxy) is 1. The molecule has 27 heavy (non-hydrogen) atoms. The highest BCUT2D eigenvalue weighted by atomic mass is 16.5. The molecule has 148 valence electrons. The van der Waals surface area contributed by atoms with Crippen molar-refractivity contribution in [1.29, 1.82) is 0 Å². The molecule has 0 heterocycles. The summed E-state index contributed by atoms with van der Waals surface area (Å²) in [5.41, 5.74) is 3.25. The van der Waals surface area contributed by atoms with Gasteiger partial charge in [-0.05, 0) is 63.5 Å². The van der Waals surface area contributed by atoms with Crippen molar-refractivity contribution >= 4 is 11.9 Å². The van der Waals surface area contributed by atoms with E-state index in [0.717, 1.165) is 36.3 Å². The Balaban J connectivity index is 1.43. The maximum absolute atomic E-state index is 12.2. The van der Waals surface area contributed by atoms with Gasteiger partial charge in [0.05, 0.1) is 6.54 Å². The molecule has 0 aromatic heterocycles. The lowest BCUT2D eigenvalue weighted by Crippen LogP contribution is -2.55. The maximum atomic E-state index is 12.2. The lowest BCUT2D eigenvalue weighted by molar-refractivity contribution is -0.140. The van der Waals surface area contributed by atoms with Crippen LogP contribution in [0.15, 0.2) is 12.1 Å². The molecule has 6 heteroatoms. The first-order valence-corrected chi connectivity index (χ1v) is 9.77. The summed E-state index contributed by atoms with van der Waals surface area (Å²) in [5.74, 6) is 0.539. The zero-order valence-corrected chi connectivity index (χ0v) is 16.5. The zero-order valence-electron chi connectivity index (χ0n) is 16.5. The van der Waals surface area contributed by atoms with E-state index in [4.69, 9.17) is 9.84 Å². The predicted octanol–water partition coefficient (Wildman–Crippen LogP) is 2.43. The highest BCUT2D eigenvalue weighted by Crippen LogP contribution is 2.33. The molecule has 6 nitrogen and oxygen atoms in total. The minimum atomic E-state index is -0.777. The summed E-state index contributed by atoms with van der Waals surface area (Å²) >= 11 is 0. The minimum absolute atomic E-state index is 0.00677. The van der Waals surface area contributed by atoms with Gasteiger partial charge in [0.25, 0.3) is 5.91 Å². The number of nitrogens with zero attached hydrogens (tertiary/aromatic N) is 1. The van der Waals surface area contributed by atoms with E-state index >= 15 is 0 Å². The van der Waals surface area contributed by atoms with Gasteiger partial charge in [-0.15, -0.1) is 0 Å². The van der Waals surface area contributed by atoms with Crippen molar-refractivity contribution in [2.75, 3.05) is 19.7 Å². The van der Waals surface area contributed by atoms with Crippen LogP contribution in [0, 0.1) is 26.7 Å². The van der Waals surface area contributed by atoms with Crippen LogP contribution < -0.4 is 10.1 Å². The predicted molar refractivity (Wildman–Crippen MR) is 103 cm³/mol. The number of carbonyl (C=O) groups is 2. The van der Waals surface area contributed by atoms with Gasteiger partial charge in [-0.2, -0.15) is 0 Å². The molecule has 1 aromatic carbocycles. The normalized spacial score (nSPS) is 21.6. The fourth-order valence-electron chi connectivity index (χ4n) is 3.95. The van der Waals surface area contributed by atoms with E-state index in [2.05, 4.69) is 10.2 Å². The van der Waals surface area contributed by atoms with Gasteiger partial charge in [0.2, 0.25) is 0 Å². The number of benzene rings is 1. The third kappa shape index (κ3) is 5.45. The number of hydrogen-bond acceptors (Lipinski definition) is 4. The van der Waals surface area contributed by atoms with E-state index in [0.29, 0.717) is 5.92 Å².